The van der Waals surface area contributed by atoms with Gasteiger partial charge in [0.15, 0.2) is 5.78 Å². The summed E-state index contributed by atoms with van der Waals surface area (Å²) in [5.74, 6) is 0.230. The molecule has 0 aliphatic heterocycles. The summed E-state index contributed by atoms with van der Waals surface area (Å²) in [5.41, 5.74) is 5.88. The van der Waals surface area contributed by atoms with Gasteiger partial charge in [-0.2, -0.15) is 0 Å². The largest absolute Gasteiger partial charge is 0.364 e. The molecule has 3 rings (SSSR count). The molecule has 1 aromatic carbocycles. The Balaban J connectivity index is 1.83. The zero-order valence-corrected chi connectivity index (χ0v) is 13.0. The summed E-state index contributed by atoms with van der Waals surface area (Å²) < 4.78 is 0. The van der Waals surface area contributed by atoms with Crippen molar-refractivity contribution in [3.63, 3.8) is 0 Å². The number of aromatic nitrogens is 1. The van der Waals surface area contributed by atoms with Crippen molar-refractivity contribution in [2.45, 2.75) is 39.0 Å². The highest BCUT2D eigenvalue weighted by molar-refractivity contribution is 6.02. The van der Waals surface area contributed by atoms with Gasteiger partial charge in [0.25, 0.3) is 0 Å². The van der Waals surface area contributed by atoms with E-state index in [1.807, 2.05) is 6.20 Å². The first-order valence-electron chi connectivity index (χ1n) is 7.97. The lowest BCUT2D eigenvalue weighted by Gasteiger charge is -2.11. The number of aryl methyl sites for hydroxylation is 2. The highest BCUT2D eigenvalue weighted by atomic mass is 16.1. The van der Waals surface area contributed by atoms with Crippen LogP contribution in [0.2, 0.25) is 0 Å². The zero-order valence-electron chi connectivity index (χ0n) is 13.0. The molecule has 2 N–H and O–H groups in total. The first-order chi connectivity index (χ1) is 10.7. The fraction of sp³-hybridized carbons (Fsp3) is 0.316. The Morgan fingerprint density at radius 3 is 2.68 bits per heavy atom. The maximum absolute atomic E-state index is 12.3. The van der Waals surface area contributed by atoms with Crippen LogP contribution in [-0.4, -0.2) is 10.8 Å². The van der Waals surface area contributed by atoms with Crippen LogP contribution in [0.25, 0.3) is 5.70 Å². The number of carbonyl (C=O) groups is 1. The third kappa shape index (κ3) is 2.84. The van der Waals surface area contributed by atoms with Crippen molar-refractivity contribution in [3.8, 4) is 0 Å². The molecule has 1 aliphatic carbocycles. The van der Waals surface area contributed by atoms with Crippen LogP contribution in [0.15, 0.2) is 37.0 Å². The first-order valence-corrected chi connectivity index (χ1v) is 7.97. The Morgan fingerprint density at radius 1 is 1.23 bits per heavy atom. The van der Waals surface area contributed by atoms with Crippen LogP contribution in [0.5, 0.6) is 0 Å². The van der Waals surface area contributed by atoms with Gasteiger partial charge in [-0.1, -0.05) is 25.6 Å². The highest BCUT2D eigenvalue weighted by Gasteiger charge is 2.22. The van der Waals surface area contributed by atoms with Gasteiger partial charge in [0.05, 0.1) is 0 Å². The number of hydrogen-bond donors (Lipinski definition) is 2. The van der Waals surface area contributed by atoms with E-state index in [2.05, 4.69) is 48.1 Å². The van der Waals surface area contributed by atoms with Crippen LogP contribution < -0.4 is 5.32 Å². The molecule has 0 unspecified atom stereocenters. The van der Waals surface area contributed by atoms with Gasteiger partial charge in [0.2, 0.25) is 0 Å². The number of Topliss-reactive ketones (excluding diaryl/α,β-unsaturated/α-hetero) is 1. The molecule has 0 atom stereocenters. The summed E-state index contributed by atoms with van der Waals surface area (Å²) in [7, 11) is 0. The second-order valence-electron chi connectivity index (χ2n) is 5.84. The summed E-state index contributed by atoms with van der Waals surface area (Å²) in [4.78, 5) is 15.6. The number of carbonyl (C=O) groups excluding carboxylic acids is 1. The molecule has 3 nitrogen and oxygen atoms in total. The minimum atomic E-state index is 0.230. The molecule has 3 heteroatoms. The maximum Gasteiger partial charge on any atom is 0.165 e. The minimum absolute atomic E-state index is 0.230. The van der Waals surface area contributed by atoms with E-state index in [0.29, 0.717) is 6.42 Å². The molecule has 22 heavy (non-hydrogen) atoms. The number of ketones is 1. The maximum atomic E-state index is 12.3. The summed E-state index contributed by atoms with van der Waals surface area (Å²) in [5, 5.41) is 3.32. The van der Waals surface area contributed by atoms with Gasteiger partial charge < -0.3 is 10.3 Å². The Kier molecular flexibility index (Phi) is 4.14. The van der Waals surface area contributed by atoms with Crippen LogP contribution >= 0.6 is 0 Å². The van der Waals surface area contributed by atoms with E-state index in [-0.39, 0.29) is 5.78 Å². The third-order valence-corrected chi connectivity index (χ3v) is 4.30. The number of nitrogens with one attached hydrogen (secondary N) is 2. The number of rotatable bonds is 4. The first kappa shape index (κ1) is 14.6. The Bertz CT molecular complexity index is 695. The van der Waals surface area contributed by atoms with E-state index < -0.39 is 0 Å². The van der Waals surface area contributed by atoms with Crippen LogP contribution in [0, 0.1) is 0 Å². The van der Waals surface area contributed by atoms with E-state index in [1.54, 1.807) is 0 Å². The molecule has 0 saturated heterocycles. The number of benzene rings is 1. The molecule has 0 saturated carbocycles. The summed E-state index contributed by atoms with van der Waals surface area (Å²) in [6.07, 6.45) is 6.55. The number of anilines is 1. The molecule has 1 aromatic heterocycles. The molecule has 0 radical (unpaired) electrons. The normalized spacial score (nSPS) is 14.3. The van der Waals surface area contributed by atoms with Gasteiger partial charge in [-0.25, -0.2) is 0 Å². The standard InChI is InChI=1S/C19H22N2O/c1-3-14-8-10-15(11-9-14)21-13(2)16-12-20-17-6-4-5-7-18(22)19(16)17/h8-12,20-21H,2-7H2,1H3. The molecular formula is C19H22N2O. The third-order valence-electron chi connectivity index (χ3n) is 4.30. The molecular weight excluding hydrogens is 272 g/mol. The van der Waals surface area contributed by atoms with Crippen molar-refractivity contribution < 1.29 is 4.79 Å². The van der Waals surface area contributed by atoms with Crippen molar-refractivity contribution in [3.05, 3.63) is 59.4 Å². The molecule has 2 aromatic rings. The van der Waals surface area contributed by atoms with Crippen LogP contribution in [0.4, 0.5) is 5.69 Å². The van der Waals surface area contributed by atoms with Crippen molar-refractivity contribution >= 4 is 17.2 Å². The monoisotopic (exact) mass is 294 g/mol. The average Bonchev–Trinajstić information content (AvgIpc) is 2.88. The number of fused-ring (bicyclic) bond motifs is 1. The highest BCUT2D eigenvalue weighted by Crippen LogP contribution is 2.28. The molecule has 0 fully saturated rings. The Hall–Kier alpha value is -2.29. The average molecular weight is 294 g/mol. The quantitative estimate of drug-likeness (QED) is 0.811. The lowest BCUT2D eigenvalue weighted by molar-refractivity contribution is 0.0982. The zero-order chi connectivity index (χ0) is 15.5. The molecule has 1 aliphatic rings. The Morgan fingerprint density at radius 2 is 1.95 bits per heavy atom. The second-order valence-corrected chi connectivity index (χ2v) is 5.84. The number of hydrogen-bond acceptors (Lipinski definition) is 2. The van der Waals surface area contributed by atoms with E-state index in [9.17, 15) is 4.79 Å². The van der Waals surface area contributed by atoms with Crippen molar-refractivity contribution in [2.24, 2.45) is 0 Å². The number of H-pyrrole nitrogens is 1. The second kappa shape index (κ2) is 6.22. The molecule has 1 heterocycles. The lowest BCUT2D eigenvalue weighted by atomic mass is 10.0. The fourth-order valence-electron chi connectivity index (χ4n) is 3.00. The minimum Gasteiger partial charge on any atom is -0.364 e. The van der Waals surface area contributed by atoms with Crippen LogP contribution in [0.1, 0.15) is 53.4 Å². The lowest BCUT2D eigenvalue weighted by Crippen LogP contribution is -2.05. The smallest absolute Gasteiger partial charge is 0.165 e. The van der Waals surface area contributed by atoms with Gasteiger partial charge in [0, 0.05) is 40.8 Å². The van der Waals surface area contributed by atoms with Crippen LogP contribution in [-0.2, 0) is 12.8 Å². The van der Waals surface area contributed by atoms with E-state index in [1.165, 1.54) is 5.56 Å². The molecule has 114 valence electrons. The summed E-state index contributed by atoms with van der Waals surface area (Å²) >= 11 is 0. The predicted molar refractivity (Wildman–Crippen MR) is 91.2 cm³/mol. The molecule has 0 spiro atoms. The van der Waals surface area contributed by atoms with Gasteiger partial charge >= 0.3 is 0 Å². The fourth-order valence-corrected chi connectivity index (χ4v) is 3.00. The van der Waals surface area contributed by atoms with E-state index in [4.69, 9.17) is 0 Å². The van der Waals surface area contributed by atoms with Crippen molar-refractivity contribution in [1.29, 1.82) is 0 Å². The van der Waals surface area contributed by atoms with Crippen molar-refractivity contribution in [1.82, 2.24) is 4.98 Å². The molecule has 0 bridgehead atoms. The molecule has 0 amide bonds. The van der Waals surface area contributed by atoms with Gasteiger partial charge in [-0.05, 0) is 43.4 Å². The Labute approximate surface area is 131 Å². The van der Waals surface area contributed by atoms with Gasteiger partial charge in [-0.15, -0.1) is 0 Å². The van der Waals surface area contributed by atoms with E-state index in [0.717, 1.165) is 53.9 Å². The van der Waals surface area contributed by atoms with Gasteiger partial charge in [0.1, 0.15) is 0 Å². The number of aromatic amines is 1. The summed E-state index contributed by atoms with van der Waals surface area (Å²) in [6, 6.07) is 8.32. The predicted octanol–water partition coefficient (Wildman–Crippen LogP) is 4.57. The van der Waals surface area contributed by atoms with E-state index >= 15 is 0 Å². The van der Waals surface area contributed by atoms with Crippen molar-refractivity contribution in [2.75, 3.05) is 5.32 Å². The van der Waals surface area contributed by atoms with Crippen LogP contribution in [0.3, 0.4) is 0 Å². The SMILES string of the molecule is C=C(Nc1ccc(CC)cc1)c1c[nH]c2c1C(=O)CCCC2. The summed E-state index contributed by atoms with van der Waals surface area (Å²) in [6.45, 7) is 6.27. The topological polar surface area (TPSA) is 44.9 Å². The van der Waals surface area contributed by atoms with Gasteiger partial charge in [-0.3, -0.25) is 4.79 Å².